The molecule has 0 saturated heterocycles. The molecule has 2 bridgehead atoms. The van der Waals surface area contributed by atoms with Crippen LogP contribution in [0.15, 0.2) is 22.7 Å². The van der Waals surface area contributed by atoms with Crippen LogP contribution in [0.2, 0.25) is 0 Å². The topological polar surface area (TPSA) is 9.23 Å². The molecule has 2 aliphatic carbocycles. The van der Waals surface area contributed by atoms with Crippen LogP contribution < -0.4 is 4.74 Å². The average Bonchev–Trinajstić information content (AvgIpc) is 3.03. The summed E-state index contributed by atoms with van der Waals surface area (Å²) >= 11 is 10.2. The lowest BCUT2D eigenvalue weighted by atomic mass is 9.84. The Balaban J connectivity index is 1.65. The number of halogens is 2. The Morgan fingerprint density at radius 3 is 2.80 bits per heavy atom. The van der Waals surface area contributed by atoms with Gasteiger partial charge in [-0.05, 0) is 84.0 Å². The van der Waals surface area contributed by atoms with E-state index < -0.39 is 0 Å². The van der Waals surface area contributed by atoms with Gasteiger partial charge in [-0.25, -0.2) is 0 Å². The molecule has 0 heterocycles. The Morgan fingerprint density at radius 2 is 2.20 bits per heavy atom. The van der Waals surface area contributed by atoms with Gasteiger partial charge in [0.15, 0.2) is 0 Å². The van der Waals surface area contributed by atoms with Crippen LogP contribution in [0.3, 0.4) is 0 Å². The van der Waals surface area contributed by atoms with Crippen LogP contribution in [0.5, 0.6) is 5.75 Å². The second-order valence-corrected chi connectivity index (χ2v) is 7.64. The SMILES string of the molecule is CCOc1ccc(C(Cl)CC2CC3CCC2C3)cc1Br. The summed E-state index contributed by atoms with van der Waals surface area (Å²) in [6.45, 7) is 2.69. The zero-order valence-electron chi connectivity index (χ0n) is 11.9. The van der Waals surface area contributed by atoms with Gasteiger partial charge in [-0.1, -0.05) is 12.5 Å². The van der Waals surface area contributed by atoms with E-state index >= 15 is 0 Å². The number of hydrogen-bond acceptors (Lipinski definition) is 1. The Hall–Kier alpha value is -0.210. The van der Waals surface area contributed by atoms with Gasteiger partial charge in [-0.2, -0.15) is 0 Å². The zero-order chi connectivity index (χ0) is 14.1. The van der Waals surface area contributed by atoms with Gasteiger partial charge >= 0.3 is 0 Å². The summed E-state index contributed by atoms with van der Waals surface area (Å²) in [7, 11) is 0. The van der Waals surface area contributed by atoms with Crippen molar-refractivity contribution >= 4 is 27.5 Å². The molecular formula is C17H22BrClO. The van der Waals surface area contributed by atoms with Crippen molar-refractivity contribution in [3.8, 4) is 5.75 Å². The second-order valence-electron chi connectivity index (χ2n) is 6.26. The van der Waals surface area contributed by atoms with Gasteiger partial charge in [-0.3, -0.25) is 0 Å². The highest BCUT2D eigenvalue weighted by Gasteiger charge is 2.40. The minimum atomic E-state index is 0.131. The Labute approximate surface area is 135 Å². The van der Waals surface area contributed by atoms with Gasteiger partial charge in [0.25, 0.3) is 0 Å². The third-order valence-corrected chi connectivity index (χ3v) is 6.06. The van der Waals surface area contributed by atoms with E-state index in [-0.39, 0.29) is 5.38 Å². The van der Waals surface area contributed by atoms with Crippen molar-refractivity contribution in [2.75, 3.05) is 6.61 Å². The van der Waals surface area contributed by atoms with E-state index in [9.17, 15) is 0 Å². The molecule has 1 aromatic rings. The molecule has 0 N–H and O–H groups in total. The molecule has 0 amide bonds. The molecular weight excluding hydrogens is 336 g/mol. The van der Waals surface area contributed by atoms with E-state index in [2.05, 4.69) is 28.1 Å². The van der Waals surface area contributed by atoms with Crippen molar-refractivity contribution in [2.45, 2.75) is 44.4 Å². The van der Waals surface area contributed by atoms with E-state index in [0.717, 1.165) is 34.4 Å². The molecule has 2 saturated carbocycles. The maximum Gasteiger partial charge on any atom is 0.133 e. The van der Waals surface area contributed by atoms with Crippen molar-refractivity contribution in [3.05, 3.63) is 28.2 Å². The highest BCUT2D eigenvalue weighted by atomic mass is 79.9. The van der Waals surface area contributed by atoms with Gasteiger partial charge in [-0.15, -0.1) is 11.6 Å². The van der Waals surface area contributed by atoms with E-state index in [0.29, 0.717) is 6.61 Å². The average molecular weight is 358 g/mol. The molecule has 2 aliphatic rings. The molecule has 1 nitrogen and oxygen atoms in total. The van der Waals surface area contributed by atoms with Crippen LogP contribution in [0.25, 0.3) is 0 Å². The number of ether oxygens (including phenoxy) is 1. The van der Waals surface area contributed by atoms with Crippen LogP contribution in [0, 0.1) is 17.8 Å². The van der Waals surface area contributed by atoms with Crippen molar-refractivity contribution in [1.82, 2.24) is 0 Å². The first-order valence-corrected chi connectivity index (χ1v) is 8.96. The molecule has 3 rings (SSSR count). The molecule has 0 spiro atoms. The summed E-state index contributed by atoms with van der Waals surface area (Å²) in [6, 6.07) is 6.26. The first-order valence-electron chi connectivity index (χ1n) is 7.73. The molecule has 3 heteroatoms. The number of alkyl halides is 1. The molecule has 4 unspecified atom stereocenters. The normalized spacial score (nSPS) is 29.6. The first-order chi connectivity index (χ1) is 9.67. The van der Waals surface area contributed by atoms with E-state index in [1.54, 1.807) is 0 Å². The van der Waals surface area contributed by atoms with Crippen molar-refractivity contribution in [2.24, 2.45) is 17.8 Å². The smallest absolute Gasteiger partial charge is 0.133 e. The summed E-state index contributed by atoms with van der Waals surface area (Å²) in [4.78, 5) is 0. The third kappa shape index (κ3) is 3.01. The summed E-state index contributed by atoms with van der Waals surface area (Å²) in [5, 5.41) is 0.131. The van der Waals surface area contributed by atoms with E-state index in [1.165, 1.54) is 31.2 Å². The van der Waals surface area contributed by atoms with Crippen LogP contribution >= 0.6 is 27.5 Å². The summed E-state index contributed by atoms with van der Waals surface area (Å²) in [6.07, 6.45) is 6.89. The van der Waals surface area contributed by atoms with Gasteiger partial charge in [0, 0.05) is 0 Å². The van der Waals surface area contributed by atoms with Gasteiger partial charge in [0.1, 0.15) is 5.75 Å². The highest BCUT2D eigenvalue weighted by molar-refractivity contribution is 9.10. The van der Waals surface area contributed by atoms with Crippen molar-refractivity contribution < 1.29 is 4.74 Å². The van der Waals surface area contributed by atoms with E-state index in [1.807, 2.05) is 13.0 Å². The molecule has 0 aromatic heterocycles. The number of rotatable bonds is 5. The van der Waals surface area contributed by atoms with E-state index in [4.69, 9.17) is 16.3 Å². The van der Waals surface area contributed by atoms with Crippen LogP contribution in [-0.2, 0) is 0 Å². The Bertz CT molecular complexity index is 476. The minimum absolute atomic E-state index is 0.131. The second kappa shape index (κ2) is 6.27. The molecule has 20 heavy (non-hydrogen) atoms. The predicted molar refractivity (Wildman–Crippen MR) is 87.5 cm³/mol. The Kier molecular flexibility index (Phi) is 4.62. The predicted octanol–water partition coefficient (Wildman–Crippen LogP) is 5.95. The molecule has 0 aliphatic heterocycles. The fourth-order valence-corrected chi connectivity index (χ4v) is 4.93. The molecule has 0 radical (unpaired) electrons. The summed E-state index contributed by atoms with van der Waals surface area (Å²) in [5.74, 6) is 3.70. The van der Waals surface area contributed by atoms with Gasteiger partial charge in [0.2, 0.25) is 0 Å². The highest BCUT2D eigenvalue weighted by Crippen LogP contribution is 2.51. The summed E-state index contributed by atoms with van der Waals surface area (Å²) in [5.41, 5.74) is 1.21. The lowest BCUT2D eigenvalue weighted by molar-refractivity contribution is 0.311. The Morgan fingerprint density at radius 1 is 1.35 bits per heavy atom. The third-order valence-electron chi connectivity index (χ3n) is 5.01. The molecule has 1 aromatic carbocycles. The number of fused-ring (bicyclic) bond motifs is 2. The lowest BCUT2D eigenvalue weighted by Crippen LogP contribution is -2.12. The maximum atomic E-state index is 6.66. The van der Waals surface area contributed by atoms with Crippen LogP contribution in [0.4, 0.5) is 0 Å². The molecule has 4 atom stereocenters. The molecule has 2 fully saturated rings. The standard InChI is InChI=1S/C17H22BrClO/c1-2-20-17-6-5-13(9-15(17)18)16(19)10-14-8-11-3-4-12(14)7-11/h5-6,9,11-12,14,16H,2-4,7-8,10H2,1H3. The van der Waals surface area contributed by atoms with Crippen molar-refractivity contribution in [1.29, 1.82) is 0 Å². The first kappa shape index (κ1) is 14.7. The van der Waals surface area contributed by atoms with Gasteiger partial charge < -0.3 is 4.74 Å². The zero-order valence-corrected chi connectivity index (χ0v) is 14.3. The van der Waals surface area contributed by atoms with Crippen molar-refractivity contribution in [3.63, 3.8) is 0 Å². The fraction of sp³-hybridized carbons (Fsp3) is 0.647. The van der Waals surface area contributed by atoms with Gasteiger partial charge in [0.05, 0.1) is 16.5 Å². The maximum absolute atomic E-state index is 6.66. The molecule has 110 valence electrons. The lowest BCUT2D eigenvalue weighted by Gasteiger charge is -2.24. The number of benzene rings is 1. The fourth-order valence-electron chi connectivity index (χ4n) is 4.05. The minimum Gasteiger partial charge on any atom is -0.493 e. The van der Waals surface area contributed by atoms with Crippen LogP contribution in [0.1, 0.15) is 50.0 Å². The monoisotopic (exact) mass is 356 g/mol. The summed E-state index contributed by atoms with van der Waals surface area (Å²) < 4.78 is 6.56. The quantitative estimate of drug-likeness (QED) is 0.591. The number of hydrogen-bond donors (Lipinski definition) is 0. The largest absolute Gasteiger partial charge is 0.493 e. The van der Waals surface area contributed by atoms with Crippen LogP contribution in [-0.4, -0.2) is 6.61 Å².